The Morgan fingerprint density at radius 2 is 1.61 bits per heavy atom. The number of epoxide rings is 1. The van der Waals surface area contributed by atoms with E-state index in [0.717, 1.165) is 10.5 Å². The molecule has 4 aliphatic heterocycles. The molecule has 0 spiro atoms. The summed E-state index contributed by atoms with van der Waals surface area (Å²) in [5, 5.41) is 50.5. The first-order valence-corrected chi connectivity index (χ1v) is 30.2. The van der Waals surface area contributed by atoms with Gasteiger partial charge in [0.25, 0.3) is 11.8 Å². The molecule has 4 aliphatic rings. The normalized spacial score (nSPS) is 26.3. The molecular formula is C63H95N6O16+. The lowest BCUT2D eigenvalue weighted by molar-refractivity contribution is -0.944. The number of rotatable bonds is 28. The molecule has 0 aromatic heterocycles. The quantitative estimate of drug-likeness (QED) is 0.0102. The number of imide groups is 1. The van der Waals surface area contributed by atoms with Crippen LogP contribution in [-0.4, -0.2) is 189 Å². The summed E-state index contributed by atoms with van der Waals surface area (Å²) in [5.41, 5.74) is -0.289. The number of amides is 6. The van der Waals surface area contributed by atoms with Crippen molar-refractivity contribution in [2.24, 2.45) is 17.8 Å². The van der Waals surface area contributed by atoms with Gasteiger partial charge < -0.3 is 59.8 Å². The lowest BCUT2D eigenvalue weighted by Crippen LogP contribution is -2.60. The van der Waals surface area contributed by atoms with Crippen LogP contribution >= 0.6 is 0 Å². The predicted octanol–water partition coefficient (Wildman–Crippen LogP) is 5.63. The zero-order valence-corrected chi connectivity index (χ0v) is 51.5. The fourth-order valence-electron chi connectivity index (χ4n) is 11.2. The number of methoxy groups -OCH3 is 1. The van der Waals surface area contributed by atoms with E-state index >= 15 is 0 Å². The number of piperazine rings is 1. The Morgan fingerprint density at radius 1 is 0.941 bits per heavy atom. The largest absolute Gasteiger partial charge is 0.481 e. The van der Waals surface area contributed by atoms with Gasteiger partial charge in [-0.15, -0.1) is 0 Å². The van der Waals surface area contributed by atoms with Crippen molar-refractivity contribution in [3.8, 4) is 0 Å². The van der Waals surface area contributed by atoms with Gasteiger partial charge in [0.2, 0.25) is 17.7 Å². The first-order valence-electron chi connectivity index (χ1n) is 30.2. The number of benzene rings is 1. The van der Waals surface area contributed by atoms with Crippen molar-refractivity contribution in [1.29, 1.82) is 0 Å². The number of hydrogen-bond acceptors (Lipinski definition) is 15. The van der Waals surface area contributed by atoms with Gasteiger partial charge in [0, 0.05) is 68.2 Å². The number of ether oxygens (including phenoxy) is 4. The van der Waals surface area contributed by atoms with Crippen LogP contribution in [0.5, 0.6) is 0 Å². The number of cyclic esters (lactones) is 1. The van der Waals surface area contributed by atoms with E-state index in [4.69, 9.17) is 18.9 Å². The van der Waals surface area contributed by atoms with Crippen LogP contribution < -0.4 is 16.0 Å². The van der Waals surface area contributed by atoms with Gasteiger partial charge in [0.1, 0.15) is 30.3 Å². The Bertz CT molecular complexity index is 2570. The van der Waals surface area contributed by atoms with Crippen molar-refractivity contribution in [3.05, 3.63) is 77.9 Å². The molecule has 6 amide bonds. The Kier molecular flexibility index (Phi) is 26.1. The molecule has 0 bridgehead atoms. The predicted molar refractivity (Wildman–Crippen MR) is 317 cm³/mol. The second kappa shape index (κ2) is 31.9. The highest BCUT2D eigenvalue weighted by molar-refractivity contribution is 6.12. The van der Waals surface area contributed by atoms with E-state index in [9.17, 15) is 58.8 Å². The lowest BCUT2D eigenvalue weighted by Gasteiger charge is -2.45. The molecule has 2 fully saturated rings. The Hall–Kier alpha value is -6.30. The number of unbranched alkanes of at least 4 members (excludes halogenated alkanes) is 2. The monoisotopic (exact) mass is 1190 g/mol. The molecule has 1 aromatic rings. The van der Waals surface area contributed by atoms with E-state index in [1.807, 2.05) is 45.9 Å². The second-order valence-corrected chi connectivity index (χ2v) is 24.5. The van der Waals surface area contributed by atoms with Crippen LogP contribution in [0.2, 0.25) is 0 Å². The number of nitrogens with zero attached hydrogens (tertiary/aromatic N) is 3. The summed E-state index contributed by atoms with van der Waals surface area (Å²) < 4.78 is 24.6. The molecule has 0 saturated carbocycles. The number of esters is 1. The fraction of sp³-hybridized carbons (Fsp3) is 0.651. The topological polar surface area (TPSA) is 300 Å². The maximum Gasteiger partial charge on any atom is 0.410 e. The third-order valence-corrected chi connectivity index (χ3v) is 17.0. The first-order chi connectivity index (χ1) is 40.1. The number of carboxylic acids is 1. The van der Waals surface area contributed by atoms with Crippen molar-refractivity contribution >= 4 is 53.3 Å². The number of hydrogen-bond donors (Lipinski definition) is 7. The van der Waals surface area contributed by atoms with Crippen LogP contribution in [0.25, 0.3) is 0 Å². The highest BCUT2D eigenvalue weighted by atomic mass is 16.6. The van der Waals surface area contributed by atoms with Crippen molar-refractivity contribution in [1.82, 2.24) is 20.4 Å². The third-order valence-electron chi connectivity index (χ3n) is 17.0. The van der Waals surface area contributed by atoms with Gasteiger partial charge in [-0.05, 0) is 89.5 Å². The minimum absolute atomic E-state index is 0.0317. The van der Waals surface area contributed by atoms with Crippen molar-refractivity contribution in [2.45, 2.75) is 199 Å². The van der Waals surface area contributed by atoms with Crippen molar-refractivity contribution in [2.75, 3.05) is 51.7 Å². The van der Waals surface area contributed by atoms with Crippen LogP contribution in [-0.2, 0) is 59.1 Å². The van der Waals surface area contributed by atoms with E-state index < -0.39 is 83.5 Å². The highest BCUT2D eigenvalue weighted by Crippen LogP contribution is 2.38. The summed E-state index contributed by atoms with van der Waals surface area (Å²) in [5.74, 6) is -4.32. The maximum atomic E-state index is 14.2. The molecule has 2 saturated heterocycles. The van der Waals surface area contributed by atoms with Crippen molar-refractivity contribution < 1.29 is 82.2 Å². The molecule has 5 rings (SSSR count). The first kappa shape index (κ1) is 69.5. The SMILES string of the molecule is CC[C@H](O)[C@@H](C)[C@H]1O[C@@H]1C[C@@](C)(O)/C=C/C=C(\C)[C@H]1OC(=O)C[C@H](O)CC[C@@](C)(OC)[C@@H](OC(=O)N2CC[N+](CCCC(=O)O)(Cc3ccc(NC(=O)[C@H](C)NC(=O)C(NC(=O)CCCCCN4C(=O)C=CC4=O)C(C)C)cc3)CC2)/C=C/[C@@H]1C. The summed E-state index contributed by atoms with van der Waals surface area (Å²) in [6, 6.07) is 5.38. The van der Waals surface area contributed by atoms with Gasteiger partial charge in [0.15, 0.2) is 6.10 Å². The number of allylic oxidation sites excluding steroid dienone is 2. The molecule has 0 radical (unpaired) electrons. The van der Waals surface area contributed by atoms with Crippen LogP contribution in [0.1, 0.15) is 139 Å². The van der Waals surface area contributed by atoms with Crippen LogP contribution in [0.3, 0.4) is 0 Å². The van der Waals surface area contributed by atoms with Crippen LogP contribution in [0.15, 0.2) is 72.4 Å². The number of nitrogens with one attached hydrogen (secondary N) is 3. The fourth-order valence-corrected chi connectivity index (χ4v) is 11.2. The smallest absolute Gasteiger partial charge is 0.410 e. The summed E-state index contributed by atoms with van der Waals surface area (Å²) in [4.78, 5) is 105. The summed E-state index contributed by atoms with van der Waals surface area (Å²) in [7, 11) is 1.50. The van der Waals surface area contributed by atoms with Gasteiger partial charge in [-0.2, -0.15) is 0 Å². The van der Waals surface area contributed by atoms with E-state index in [1.54, 1.807) is 76.0 Å². The number of aliphatic hydroxyl groups excluding tert-OH is 2. The van der Waals surface area contributed by atoms with Gasteiger partial charge in [-0.3, -0.25) is 43.4 Å². The second-order valence-electron chi connectivity index (χ2n) is 24.5. The van der Waals surface area contributed by atoms with E-state index in [0.29, 0.717) is 93.5 Å². The van der Waals surface area contributed by atoms with Gasteiger partial charge in [-0.25, -0.2) is 4.79 Å². The Morgan fingerprint density at radius 3 is 2.24 bits per heavy atom. The number of carboxylic acid groups (broad SMARTS) is 1. The van der Waals surface area contributed by atoms with E-state index in [2.05, 4.69) is 16.0 Å². The van der Waals surface area contributed by atoms with E-state index in [1.165, 1.54) is 19.3 Å². The highest BCUT2D eigenvalue weighted by Gasteiger charge is 2.47. The Balaban J connectivity index is 1.18. The average molecular weight is 1190 g/mol. The third kappa shape index (κ3) is 21.3. The number of carbonyl (C=O) groups is 8. The van der Waals surface area contributed by atoms with Gasteiger partial charge in [0.05, 0.1) is 75.6 Å². The molecule has 85 heavy (non-hydrogen) atoms. The number of aliphatic carboxylic acids is 1. The maximum absolute atomic E-state index is 14.2. The number of quaternary nitrogens is 1. The van der Waals surface area contributed by atoms with Gasteiger partial charge >= 0.3 is 18.0 Å². The summed E-state index contributed by atoms with van der Waals surface area (Å²) in [6.45, 7) is 19.0. The molecule has 0 aliphatic carbocycles. The number of anilines is 1. The molecular weight excluding hydrogens is 1100 g/mol. The number of carbonyl (C=O) groups excluding carboxylic acids is 7. The molecule has 1 aromatic carbocycles. The average Bonchev–Trinajstić information content (AvgIpc) is 2.95. The van der Waals surface area contributed by atoms with E-state index in [-0.39, 0.29) is 80.4 Å². The van der Waals surface area contributed by atoms with Gasteiger partial charge in [-0.1, -0.05) is 77.5 Å². The zero-order valence-electron chi connectivity index (χ0n) is 51.5. The summed E-state index contributed by atoms with van der Waals surface area (Å²) in [6.07, 6.45) is 10.1. The molecule has 1 unspecified atom stereocenters. The zero-order chi connectivity index (χ0) is 62.8. The molecule has 22 heteroatoms. The minimum atomic E-state index is -1.22. The van der Waals surface area contributed by atoms with Crippen LogP contribution in [0, 0.1) is 17.8 Å². The van der Waals surface area contributed by atoms with Crippen LogP contribution in [0.4, 0.5) is 10.5 Å². The molecule has 7 N–H and O–H groups in total. The molecule has 12 atom stereocenters. The molecule has 22 nitrogen and oxygen atoms in total. The van der Waals surface area contributed by atoms with Crippen molar-refractivity contribution in [3.63, 3.8) is 0 Å². The summed E-state index contributed by atoms with van der Waals surface area (Å²) >= 11 is 0. The number of aliphatic hydroxyl groups is 3. The lowest BCUT2D eigenvalue weighted by atomic mass is 9.88. The molecule has 472 valence electrons. The minimum Gasteiger partial charge on any atom is -0.481 e. The standard InChI is InChI=1S/C63H94N6O16/c1-11-48(71)43(6)58-49(83-58)38-62(8,81)29-15-17-41(4)57-42(5)20-25-50(63(9,82-10)30-28-47(70)37-55(77)85-57)84-61(80)67-32-35-69(36-33-67,34-16-19-54(75)76)39-45-21-23-46(24-22-45)65-59(78)44(7)64-60(79)56(40(2)3)66-51(72)18-13-12-14-31-68-52(73)26-27-53(68)74/h15,17,20-27,29,40,42-44,47-50,56-58,70-71,81H,11-14,16,18-19,28,30-39H2,1-10H3,(H3-,64,65,66,72,75,76,78,79)/p+1/b25-20+,29-15+,41-17+/t42-,43+,44-,47+,48-,49+,50-,56?,57+,58+,62-,63+/m0/s1. The molecule has 4 heterocycles. The Labute approximate surface area is 501 Å².